The third kappa shape index (κ3) is 9.10. The van der Waals surface area contributed by atoms with Gasteiger partial charge in [-0.2, -0.15) is 0 Å². The second kappa shape index (κ2) is 18.0. The molecule has 0 saturated carbocycles. The fourth-order valence-corrected chi connectivity index (χ4v) is 9.44. The van der Waals surface area contributed by atoms with Crippen molar-refractivity contribution >= 4 is 23.3 Å². The zero-order chi connectivity index (χ0) is 42.1. The number of rotatable bonds is 8. The minimum Gasteiger partial charge on any atom is -0.459 e. The van der Waals surface area contributed by atoms with Gasteiger partial charge in [0.05, 0.1) is 66.2 Å². The molecule has 320 valence electrons. The summed E-state index contributed by atoms with van der Waals surface area (Å²) in [7, 11) is 3.85. The van der Waals surface area contributed by atoms with Crippen LogP contribution in [0.15, 0.2) is 41.6 Å². The van der Waals surface area contributed by atoms with Crippen molar-refractivity contribution < 1.29 is 48.0 Å². The van der Waals surface area contributed by atoms with E-state index in [9.17, 15) is 14.7 Å². The van der Waals surface area contributed by atoms with Gasteiger partial charge in [-0.15, -0.1) is 0 Å². The molecule has 4 fully saturated rings. The number of aromatic nitrogens is 2. The highest BCUT2D eigenvalue weighted by atomic mass is 16.7. The molecule has 0 aliphatic carbocycles. The van der Waals surface area contributed by atoms with Gasteiger partial charge in [0.15, 0.2) is 24.3 Å². The van der Waals surface area contributed by atoms with E-state index in [4.69, 9.17) is 44.0 Å². The summed E-state index contributed by atoms with van der Waals surface area (Å²) in [5.41, 5.74) is 5.81. The Morgan fingerprint density at radius 2 is 1.69 bits per heavy atom. The van der Waals surface area contributed by atoms with Gasteiger partial charge in [0.2, 0.25) is 0 Å². The molecule has 6 heterocycles. The third-order valence-electron chi connectivity index (χ3n) is 12.6. The number of hydrogen-bond donors (Lipinski definition) is 2. The number of oxime groups is 1. The normalized spacial score (nSPS) is 39.6. The van der Waals surface area contributed by atoms with Gasteiger partial charge in [-0.25, -0.2) is 9.97 Å². The summed E-state index contributed by atoms with van der Waals surface area (Å²) in [6.45, 7) is 15.2. The number of cyclic esters (lactones) is 1. The van der Waals surface area contributed by atoms with Crippen LogP contribution in [0.2, 0.25) is 0 Å². The predicted octanol–water partition coefficient (Wildman–Crippen LogP) is 4.58. The summed E-state index contributed by atoms with van der Waals surface area (Å²) >= 11 is 0. The van der Waals surface area contributed by atoms with Crippen LogP contribution in [0.3, 0.4) is 0 Å². The van der Waals surface area contributed by atoms with Crippen LogP contribution in [0, 0.1) is 23.7 Å². The van der Waals surface area contributed by atoms with E-state index in [2.05, 4.69) is 10.1 Å². The molecule has 0 aromatic carbocycles. The molecular formula is C43H63N5O10. The number of esters is 1. The van der Waals surface area contributed by atoms with Gasteiger partial charge in [-0.1, -0.05) is 45.0 Å². The maximum Gasteiger partial charge on any atom is 0.311 e. The average Bonchev–Trinajstić information content (AvgIpc) is 3.44. The Balaban J connectivity index is 1.37. The first-order valence-electron chi connectivity index (χ1n) is 20.7. The summed E-state index contributed by atoms with van der Waals surface area (Å²) in [5, 5.41) is 16.2. The Morgan fingerprint density at radius 3 is 2.38 bits per heavy atom. The number of carbonyl (C=O) groups is 2. The maximum absolute atomic E-state index is 14.2. The summed E-state index contributed by atoms with van der Waals surface area (Å²) < 4.78 is 39.8. The second-order valence-electron chi connectivity index (χ2n) is 17.4. The molecule has 58 heavy (non-hydrogen) atoms. The number of pyridine rings is 2. The van der Waals surface area contributed by atoms with E-state index >= 15 is 0 Å². The van der Waals surface area contributed by atoms with Gasteiger partial charge < -0.3 is 49.0 Å². The Labute approximate surface area is 342 Å². The van der Waals surface area contributed by atoms with E-state index in [0.29, 0.717) is 47.9 Å². The number of nitrogens with two attached hydrogens (primary N) is 1. The fourth-order valence-electron chi connectivity index (χ4n) is 9.44. The number of ether oxygens (including phenoxy) is 6. The number of aliphatic hydroxyl groups excluding tert-OH is 1. The number of ketones is 1. The van der Waals surface area contributed by atoms with Gasteiger partial charge in [0.25, 0.3) is 0 Å². The number of likely N-dealkylation sites (N-methyl/N-ethyl adjacent to an activating group) is 1. The van der Waals surface area contributed by atoms with Crippen molar-refractivity contribution in [2.45, 2.75) is 141 Å². The Hall–Kier alpha value is -3.57. The fraction of sp³-hybridized carbons (Fsp3) is 0.698. The summed E-state index contributed by atoms with van der Waals surface area (Å²) in [6, 6.07) is 10.7. The van der Waals surface area contributed by atoms with Crippen LogP contribution in [0.5, 0.6) is 0 Å². The van der Waals surface area contributed by atoms with Crippen molar-refractivity contribution in [3.8, 4) is 11.4 Å². The van der Waals surface area contributed by atoms with Gasteiger partial charge in [-0.3, -0.25) is 9.59 Å². The quantitative estimate of drug-likeness (QED) is 0.279. The summed E-state index contributed by atoms with van der Waals surface area (Å²) in [5.74, 6) is -2.28. The lowest BCUT2D eigenvalue weighted by Gasteiger charge is -2.48. The molecule has 4 bridgehead atoms. The maximum atomic E-state index is 14.2. The first-order chi connectivity index (χ1) is 27.4. The highest BCUT2D eigenvalue weighted by Gasteiger charge is 2.58. The largest absolute Gasteiger partial charge is 0.459 e. The Kier molecular flexibility index (Phi) is 13.6. The van der Waals surface area contributed by atoms with E-state index in [1.54, 1.807) is 19.9 Å². The monoisotopic (exact) mass is 809 g/mol. The minimum absolute atomic E-state index is 0.0114. The first-order valence-corrected chi connectivity index (χ1v) is 20.7. The average molecular weight is 810 g/mol. The number of hydrogen-bond acceptors (Lipinski definition) is 15. The summed E-state index contributed by atoms with van der Waals surface area (Å²) in [6.07, 6.45) is -3.71. The van der Waals surface area contributed by atoms with Crippen molar-refractivity contribution in [3.63, 3.8) is 0 Å². The molecule has 0 radical (unpaired) electrons. The van der Waals surface area contributed by atoms with Crippen molar-refractivity contribution in [2.75, 3.05) is 33.0 Å². The number of fused-ring (bicyclic) bond motifs is 5. The second-order valence-corrected chi connectivity index (χ2v) is 17.4. The van der Waals surface area contributed by atoms with E-state index < -0.39 is 71.7 Å². The molecule has 2 aromatic heterocycles. The van der Waals surface area contributed by atoms with Crippen LogP contribution >= 0.6 is 0 Å². The summed E-state index contributed by atoms with van der Waals surface area (Å²) in [4.78, 5) is 45.2. The smallest absolute Gasteiger partial charge is 0.311 e. The van der Waals surface area contributed by atoms with E-state index in [1.165, 1.54) is 0 Å². The molecule has 3 unspecified atom stereocenters. The standard InChI is InChI=1S/C43H63N5O10/c1-11-33-43(8)38(50)25(4)36(58-43)23(2)19-42(7)39(57-41-35(49)32(48(9)10)18-24(3)55-41)26(5)37(27(6)40(51)56-33)52-20-29(21-53-42)47-54-22-28-14-12-15-30(45-28)31-16-13-17-34(44)46-31/h12-17,23-27,32-33,35-37,39,41,49H,11,18-22H2,1-10H3,(H2,44,46)/b47-29+/t23-,24-,25?,26-,27-,32+,33-,35-,36?,37+,39-,41+,42-,43?/m1/s1. The van der Waals surface area contributed by atoms with Crippen LogP contribution in [0.1, 0.15) is 80.3 Å². The molecule has 4 aliphatic heterocycles. The van der Waals surface area contributed by atoms with E-state index in [0.717, 1.165) is 0 Å². The van der Waals surface area contributed by atoms with Crippen LogP contribution in [-0.4, -0.2) is 125 Å². The molecule has 2 aromatic rings. The van der Waals surface area contributed by atoms with Gasteiger partial charge in [-0.05, 0) is 91.2 Å². The van der Waals surface area contributed by atoms with Crippen molar-refractivity contribution in [3.05, 3.63) is 42.1 Å². The molecular weight excluding hydrogens is 746 g/mol. The molecule has 6 rings (SSSR count). The predicted molar refractivity (Wildman–Crippen MR) is 215 cm³/mol. The Bertz CT molecular complexity index is 1800. The number of aliphatic hydroxyl groups is 1. The molecule has 4 saturated heterocycles. The Morgan fingerprint density at radius 1 is 0.983 bits per heavy atom. The third-order valence-corrected chi connectivity index (χ3v) is 12.6. The molecule has 0 spiro atoms. The molecule has 15 heteroatoms. The first kappa shape index (κ1) is 44.0. The molecule has 3 N–H and O–H groups in total. The lowest BCUT2D eigenvalue weighted by molar-refractivity contribution is -0.302. The minimum atomic E-state index is -1.32. The van der Waals surface area contributed by atoms with E-state index in [1.807, 2.05) is 90.9 Å². The number of Topliss-reactive ketones (excluding diaryl/α,β-unsaturated/α-hetero) is 1. The molecule has 15 nitrogen and oxygen atoms in total. The zero-order valence-electron chi connectivity index (χ0n) is 35.6. The lowest BCUT2D eigenvalue weighted by Crippen LogP contribution is -2.59. The van der Waals surface area contributed by atoms with Crippen molar-refractivity contribution in [2.24, 2.45) is 28.8 Å². The highest BCUT2D eigenvalue weighted by Crippen LogP contribution is 2.45. The van der Waals surface area contributed by atoms with Crippen LogP contribution < -0.4 is 5.73 Å². The van der Waals surface area contributed by atoms with Gasteiger partial charge in [0.1, 0.15) is 23.7 Å². The SMILES string of the molecule is CC[C@H]1OC(=O)[C@H](C)[C@H]2OC/C(=N\OCc3cccc(-c4cccc(N)n4)n3)CO[C@](C)(C[C@@H](C)C3OC1(C)C(=O)C3C)[C@H](O[C@@H]1O[C@H](C)C[C@H](N(C)C)[C@H]1O)[C@@H]2C. The zero-order valence-corrected chi connectivity index (χ0v) is 35.6. The van der Waals surface area contributed by atoms with Gasteiger partial charge in [0, 0.05) is 17.9 Å². The van der Waals surface area contributed by atoms with Crippen molar-refractivity contribution in [1.82, 2.24) is 14.9 Å². The van der Waals surface area contributed by atoms with Crippen LogP contribution in [-0.2, 0) is 49.5 Å². The lowest BCUT2D eigenvalue weighted by atomic mass is 9.75. The van der Waals surface area contributed by atoms with Crippen LogP contribution in [0.25, 0.3) is 11.4 Å². The molecule has 14 atom stereocenters. The molecule has 4 aliphatic rings. The number of nitrogen functional groups attached to an aromatic ring is 1. The topological polar surface area (TPSA) is 186 Å². The molecule has 0 amide bonds. The van der Waals surface area contributed by atoms with Gasteiger partial charge >= 0.3 is 5.97 Å². The van der Waals surface area contributed by atoms with Crippen LogP contribution in [0.4, 0.5) is 5.82 Å². The van der Waals surface area contributed by atoms with Crippen molar-refractivity contribution in [1.29, 1.82) is 0 Å². The number of nitrogens with zero attached hydrogens (tertiary/aromatic N) is 4. The highest BCUT2D eigenvalue weighted by molar-refractivity contribution is 5.92. The number of carbonyl (C=O) groups excluding carboxylic acids is 2. The number of anilines is 1. The van der Waals surface area contributed by atoms with E-state index in [-0.39, 0.29) is 43.7 Å².